The quantitative estimate of drug-likeness (QED) is 0.704. The van der Waals surface area contributed by atoms with E-state index in [0.29, 0.717) is 0 Å². The van der Waals surface area contributed by atoms with Crippen LogP contribution in [0.1, 0.15) is 32.6 Å². The predicted octanol–water partition coefficient (Wildman–Crippen LogP) is 0.692. The van der Waals surface area contributed by atoms with Crippen LogP contribution in [0.4, 0.5) is 0 Å². The molecule has 1 saturated carbocycles. The third-order valence-corrected chi connectivity index (χ3v) is 3.65. The highest BCUT2D eigenvalue weighted by atomic mass is 32.2. The summed E-state index contributed by atoms with van der Waals surface area (Å²) in [7, 11) is -3.63. The lowest BCUT2D eigenvalue weighted by molar-refractivity contribution is 0.0221. The molecule has 0 aliphatic heterocycles. The second-order valence-electron chi connectivity index (χ2n) is 3.42. The van der Waals surface area contributed by atoms with E-state index in [4.69, 9.17) is 10.1 Å². The molecule has 80 valence electrons. The van der Waals surface area contributed by atoms with Crippen LogP contribution in [0.5, 0.6) is 0 Å². The number of nitrogens with zero attached hydrogens (tertiary/aromatic N) is 1. The molecule has 1 aliphatic carbocycles. The van der Waals surface area contributed by atoms with Crippen molar-refractivity contribution in [3.8, 4) is 6.07 Å². The van der Waals surface area contributed by atoms with Crippen molar-refractivity contribution < 1.29 is 13.3 Å². The van der Waals surface area contributed by atoms with Crippen molar-refractivity contribution in [2.24, 2.45) is 0 Å². The number of nitriles is 1. The Labute approximate surface area is 84.1 Å². The van der Waals surface area contributed by atoms with E-state index in [9.17, 15) is 8.42 Å². The van der Waals surface area contributed by atoms with Crippen LogP contribution in [0.2, 0.25) is 0 Å². The zero-order valence-corrected chi connectivity index (χ0v) is 8.88. The van der Waals surface area contributed by atoms with Crippen molar-refractivity contribution in [1.82, 2.24) is 4.89 Å². The monoisotopic (exact) mass is 218 g/mol. The summed E-state index contributed by atoms with van der Waals surface area (Å²) in [6.07, 6.45) is 3.86. The van der Waals surface area contributed by atoms with Crippen LogP contribution in [0, 0.1) is 11.3 Å². The minimum absolute atomic E-state index is 0.0318. The molecule has 0 heterocycles. The highest BCUT2D eigenvalue weighted by Gasteiger charge is 2.23. The van der Waals surface area contributed by atoms with Gasteiger partial charge in [-0.05, 0) is 19.8 Å². The minimum Gasteiger partial charge on any atom is -0.284 e. The Kier molecular flexibility index (Phi) is 3.86. The van der Waals surface area contributed by atoms with E-state index in [1.165, 1.54) is 6.92 Å². The summed E-state index contributed by atoms with van der Waals surface area (Å²) < 4.78 is 22.5. The van der Waals surface area contributed by atoms with Crippen LogP contribution in [0.25, 0.3) is 0 Å². The summed E-state index contributed by atoms with van der Waals surface area (Å²) in [6.45, 7) is 1.32. The third kappa shape index (κ3) is 2.94. The first kappa shape index (κ1) is 11.4. The number of hydrogen-bond donors (Lipinski definition) is 1. The van der Waals surface area contributed by atoms with Crippen LogP contribution < -0.4 is 4.89 Å². The summed E-state index contributed by atoms with van der Waals surface area (Å²) in [4.78, 5) is 7.00. The van der Waals surface area contributed by atoms with Gasteiger partial charge >= 0.3 is 0 Å². The molecular formula is C8H14N2O3S. The van der Waals surface area contributed by atoms with E-state index < -0.39 is 15.3 Å². The van der Waals surface area contributed by atoms with Crippen molar-refractivity contribution in [1.29, 1.82) is 5.26 Å². The molecule has 5 nitrogen and oxygen atoms in total. The van der Waals surface area contributed by atoms with Crippen LogP contribution >= 0.6 is 0 Å². The first-order chi connectivity index (χ1) is 6.56. The molecule has 1 aliphatic rings. The molecule has 0 aromatic rings. The molecule has 1 unspecified atom stereocenters. The highest BCUT2D eigenvalue weighted by molar-refractivity contribution is 7.90. The maximum Gasteiger partial charge on any atom is 0.249 e. The van der Waals surface area contributed by atoms with Gasteiger partial charge in [0.25, 0.3) is 0 Å². The number of sulfonamides is 1. The molecule has 0 aromatic heterocycles. The molecule has 0 amide bonds. The number of rotatable bonds is 4. The first-order valence-corrected chi connectivity index (χ1v) is 6.17. The van der Waals surface area contributed by atoms with Crippen LogP contribution in [0.15, 0.2) is 0 Å². The second kappa shape index (κ2) is 4.73. The molecule has 1 fully saturated rings. The van der Waals surface area contributed by atoms with Crippen molar-refractivity contribution in [2.45, 2.75) is 44.0 Å². The Morgan fingerprint density at radius 3 is 2.57 bits per heavy atom. The zero-order chi connectivity index (χ0) is 10.6. The molecule has 1 rings (SSSR count). The van der Waals surface area contributed by atoms with E-state index in [-0.39, 0.29) is 6.10 Å². The van der Waals surface area contributed by atoms with E-state index in [0.717, 1.165) is 25.7 Å². The molecule has 0 saturated heterocycles. The number of hydrogen-bond acceptors (Lipinski definition) is 4. The van der Waals surface area contributed by atoms with Gasteiger partial charge in [0, 0.05) is 0 Å². The summed E-state index contributed by atoms with van der Waals surface area (Å²) in [6, 6.07) is 1.65. The van der Waals surface area contributed by atoms with E-state index in [1.54, 1.807) is 6.07 Å². The van der Waals surface area contributed by atoms with Gasteiger partial charge in [-0.25, -0.2) is 8.42 Å². The van der Waals surface area contributed by atoms with E-state index >= 15 is 0 Å². The largest absolute Gasteiger partial charge is 0.284 e. The van der Waals surface area contributed by atoms with Crippen molar-refractivity contribution in [3.63, 3.8) is 0 Å². The standard InChI is InChI=1S/C8H14N2O3S/c1-7(6-9)14(11,12)10-13-8-4-2-3-5-8/h7-8,10H,2-5H2,1H3. The fourth-order valence-electron chi connectivity index (χ4n) is 1.28. The SMILES string of the molecule is CC(C#N)S(=O)(=O)NOC1CCCC1. The van der Waals surface area contributed by atoms with Gasteiger partial charge in [-0.2, -0.15) is 5.26 Å². The molecule has 0 bridgehead atoms. The smallest absolute Gasteiger partial charge is 0.249 e. The molecule has 1 atom stereocenters. The maximum atomic E-state index is 11.3. The van der Waals surface area contributed by atoms with Crippen molar-refractivity contribution in [3.05, 3.63) is 0 Å². The summed E-state index contributed by atoms with van der Waals surface area (Å²) in [5.74, 6) is 0. The van der Waals surface area contributed by atoms with Gasteiger partial charge in [-0.3, -0.25) is 4.84 Å². The predicted molar refractivity (Wildman–Crippen MR) is 50.5 cm³/mol. The Morgan fingerprint density at radius 2 is 2.07 bits per heavy atom. The van der Waals surface area contributed by atoms with Gasteiger partial charge in [-0.1, -0.05) is 17.7 Å². The van der Waals surface area contributed by atoms with E-state index in [2.05, 4.69) is 0 Å². The van der Waals surface area contributed by atoms with Gasteiger partial charge in [-0.15, -0.1) is 0 Å². The molecular weight excluding hydrogens is 204 g/mol. The Bertz CT molecular complexity index is 314. The third-order valence-electron chi connectivity index (χ3n) is 2.28. The number of nitrogens with one attached hydrogen (secondary N) is 1. The van der Waals surface area contributed by atoms with Gasteiger partial charge in [0.2, 0.25) is 10.0 Å². The zero-order valence-electron chi connectivity index (χ0n) is 8.06. The summed E-state index contributed by atoms with van der Waals surface area (Å²) in [5.41, 5.74) is 0. The van der Waals surface area contributed by atoms with Gasteiger partial charge in [0.15, 0.2) is 5.25 Å². The van der Waals surface area contributed by atoms with Crippen LogP contribution in [-0.4, -0.2) is 19.8 Å². The minimum atomic E-state index is -3.63. The Hall–Kier alpha value is -0.640. The van der Waals surface area contributed by atoms with E-state index in [1.807, 2.05) is 4.89 Å². The Morgan fingerprint density at radius 1 is 1.50 bits per heavy atom. The Balaban J connectivity index is 2.40. The fourth-order valence-corrected chi connectivity index (χ4v) is 1.84. The molecule has 0 aromatic carbocycles. The molecule has 6 heteroatoms. The average molecular weight is 218 g/mol. The molecule has 14 heavy (non-hydrogen) atoms. The lowest BCUT2D eigenvalue weighted by Crippen LogP contribution is -2.34. The normalized spacial score (nSPS) is 20.6. The lowest BCUT2D eigenvalue weighted by atomic mass is 10.3. The molecule has 0 spiro atoms. The van der Waals surface area contributed by atoms with Crippen LogP contribution in [0.3, 0.4) is 0 Å². The molecule has 1 N–H and O–H groups in total. The maximum absolute atomic E-state index is 11.3. The highest BCUT2D eigenvalue weighted by Crippen LogP contribution is 2.20. The lowest BCUT2D eigenvalue weighted by Gasteiger charge is -2.12. The van der Waals surface area contributed by atoms with Crippen molar-refractivity contribution in [2.75, 3.05) is 0 Å². The topological polar surface area (TPSA) is 79.2 Å². The van der Waals surface area contributed by atoms with Crippen LogP contribution in [-0.2, 0) is 14.9 Å². The fraction of sp³-hybridized carbons (Fsp3) is 0.875. The molecule has 0 radical (unpaired) electrons. The van der Waals surface area contributed by atoms with Gasteiger partial charge < -0.3 is 0 Å². The van der Waals surface area contributed by atoms with Gasteiger partial charge in [0.1, 0.15) is 0 Å². The first-order valence-electron chi connectivity index (χ1n) is 4.62. The van der Waals surface area contributed by atoms with Crippen molar-refractivity contribution >= 4 is 10.0 Å². The summed E-state index contributed by atoms with van der Waals surface area (Å²) in [5, 5.41) is 7.36. The second-order valence-corrected chi connectivity index (χ2v) is 5.39. The average Bonchev–Trinajstić information content (AvgIpc) is 2.66. The summed E-state index contributed by atoms with van der Waals surface area (Å²) >= 11 is 0. The van der Waals surface area contributed by atoms with Gasteiger partial charge in [0.05, 0.1) is 12.2 Å².